The van der Waals surface area contributed by atoms with Gasteiger partial charge in [-0.1, -0.05) is 31.4 Å². The number of nitrogens with one attached hydrogen (secondary N) is 1. The first-order chi connectivity index (χ1) is 11.2. The first-order valence-corrected chi connectivity index (χ1v) is 8.96. The van der Waals surface area contributed by atoms with E-state index in [1.54, 1.807) is 0 Å². The Labute approximate surface area is 137 Å². The van der Waals surface area contributed by atoms with Crippen molar-refractivity contribution in [3.8, 4) is 0 Å². The molecule has 3 amide bonds. The van der Waals surface area contributed by atoms with Crippen molar-refractivity contribution in [2.75, 3.05) is 6.54 Å². The van der Waals surface area contributed by atoms with Crippen molar-refractivity contribution >= 4 is 17.7 Å². The third-order valence-corrected chi connectivity index (χ3v) is 5.35. The molecule has 2 fully saturated rings. The van der Waals surface area contributed by atoms with Gasteiger partial charge in [0.25, 0.3) is 0 Å². The second kappa shape index (κ2) is 7.28. The standard InChI is InChI=1S/C18H26N2O3/c21-16(19-13-7-2-1-3-8-13)11-6-12-20-17(22)14-9-4-5-10-15(14)18(20)23/h4-5,13-15H,1-3,6-12H2,(H,19,21)/t14-,15-/m0/s1. The molecule has 0 spiro atoms. The number of rotatable bonds is 5. The molecule has 1 saturated carbocycles. The van der Waals surface area contributed by atoms with E-state index >= 15 is 0 Å². The summed E-state index contributed by atoms with van der Waals surface area (Å²) in [4.78, 5) is 38.0. The molecule has 23 heavy (non-hydrogen) atoms. The molecule has 5 heteroatoms. The lowest BCUT2D eigenvalue weighted by atomic mass is 9.85. The summed E-state index contributed by atoms with van der Waals surface area (Å²) in [5, 5.41) is 3.08. The predicted octanol–water partition coefficient (Wildman–Crippen LogP) is 2.17. The fraction of sp³-hybridized carbons (Fsp3) is 0.722. The van der Waals surface area contributed by atoms with Crippen LogP contribution in [0.3, 0.4) is 0 Å². The Morgan fingerprint density at radius 1 is 1.04 bits per heavy atom. The van der Waals surface area contributed by atoms with Gasteiger partial charge in [0, 0.05) is 19.0 Å². The quantitative estimate of drug-likeness (QED) is 0.624. The van der Waals surface area contributed by atoms with Crippen molar-refractivity contribution in [1.82, 2.24) is 10.2 Å². The minimum atomic E-state index is -0.163. The van der Waals surface area contributed by atoms with Gasteiger partial charge in [-0.2, -0.15) is 0 Å². The van der Waals surface area contributed by atoms with Crippen molar-refractivity contribution < 1.29 is 14.4 Å². The second-order valence-electron chi connectivity index (χ2n) is 6.99. The van der Waals surface area contributed by atoms with E-state index < -0.39 is 0 Å². The maximum Gasteiger partial charge on any atom is 0.233 e. The van der Waals surface area contributed by atoms with E-state index in [4.69, 9.17) is 0 Å². The highest BCUT2D eigenvalue weighted by Gasteiger charge is 2.46. The molecule has 3 rings (SSSR count). The van der Waals surface area contributed by atoms with E-state index in [1.807, 2.05) is 12.2 Å². The van der Waals surface area contributed by atoms with E-state index in [2.05, 4.69) is 5.32 Å². The van der Waals surface area contributed by atoms with Crippen LogP contribution in [0, 0.1) is 11.8 Å². The summed E-state index contributed by atoms with van der Waals surface area (Å²) in [6.07, 6.45) is 12.1. The van der Waals surface area contributed by atoms with Gasteiger partial charge in [0.1, 0.15) is 0 Å². The number of hydrogen-bond donors (Lipinski definition) is 1. The Morgan fingerprint density at radius 3 is 2.26 bits per heavy atom. The van der Waals surface area contributed by atoms with Gasteiger partial charge < -0.3 is 5.32 Å². The average molecular weight is 318 g/mol. The lowest BCUT2D eigenvalue weighted by molar-refractivity contribution is -0.140. The van der Waals surface area contributed by atoms with Crippen LogP contribution in [0.4, 0.5) is 0 Å². The van der Waals surface area contributed by atoms with Crippen LogP contribution in [0.15, 0.2) is 12.2 Å². The van der Waals surface area contributed by atoms with E-state index in [-0.39, 0.29) is 29.6 Å². The number of nitrogens with zero attached hydrogens (tertiary/aromatic N) is 1. The molecule has 0 aromatic rings. The molecule has 0 bridgehead atoms. The van der Waals surface area contributed by atoms with Crippen molar-refractivity contribution in [2.24, 2.45) is 11.8 Å². The van der Waals surface area contributed by atoms with Crippen LogP contribution in [0.1, 0.15) is 57.8 Å². The summed E-state index contributed by atoms with van der Waals surface area (Å²) in [5.41, 5.74) is 0. The zero-order valence-corrected chi connectivity index (χ0v) is 13.6. The minimum absolute atomic E-state index is 0.0444. The van der Waals surface area contributed by atoms with Gasteiger partial charge in [-0.3, -0.25) is 19.3 Å². The minimum Gasteiger partial charge on any atom is -0.353 e. The maximum atomic E-state index is 12.3. The zero-order chi connectivity index (χ0) is 16.2. The Kier molecular flexibility index (Phi) is 5.13. The Hall–Kier alpha value is -1.65. The molecular formula is C18H26N2O3. The molecule has 1 aliphatic heterocycles. The third-order valence-electron chi connectivity index (χ3n) is 5.35. The van der Waals surface area contributed by atoms with E-state index in [0.717, 1.165) is 12.8 Å². The SMILES string of the molecule is O=C(CCCN1C(=O)[C@H]2CC=CC[C@@H]2C1=O)NC1CCCCC1. The number of likely N-dealkylation sites (tertiary alicyclic amines) is 1. The van der Waals surface area contributed by atoms with Crippen LogP contribution in [0.5, 0.6) is 0 Å². The summed E-state index contributed by atoms with van der Waals surface area (Å²) in [6.45, 7) is 0.378. The highest BCUT2D eigenvalue weighted by atomic mass is 16.2. The molecule has 0 aromatic carbocycles. The Balaban J connectivity index is 1.42. The number of imide groups is 1. The highest BCUT2D eigenvalue weighted by Crippen LogP contribution is 2.35. The average Bonchev–Trinajstić information content (AvgIpc) is 2.81. The van der Waals surface area contributed by atoms with Crippen molar-refractivity contribution in [3.05, 3.63) is 12.2 Å². The summed E-state index contributed by atoms with van der Waals surface area (Å²) in [5.74, 6) is -0.365. The van der Waals surface area contributed by atoms with E-state index in [1.165, 1.54) is 24.2 Å². The highest BCUT2D eigenvalue weighted by molar-refractivity contribution is 6.05. The molecule has 1 saturated heterocycles. The van der Waals surface area contributed by atoms with Gasteiger partial charge >= 0.3 is 0 Å². The summed E-state index contributed by atoms with van der Waals surface area (Å²) >= 11 is 0. The molecule has 0 aromatic heterocycles. The molecule has 2 atom stereocenters. The van der Waals surface area contributed by atoms with Crippen LogP contribution < -0.4 is 5.32 Å². The molecule has 2 aliphatic carbocycles. The van der Waals surface area contributed by atoms with Crippen LogP contribution in [0.2, 0.25) is 0 Å². The van der Waals surface area contributed by atoms with Gasteiger partial charge in [-0.15, -0.1) is 0 Å². The monoisotopic (exact) mass is 318 g/mol. The van der Waals surface area contributed by atoms with Gasteiger partial charge in [0.15, 0.2) is 0 Å². The smallest absolute Gasteiger partial charge is 0.233 e. The van der Waals surface area contributed by atoms with Gasteiger partial charge in [-0.05, 0) is 32.1 Å². The van der Waals surface area contributed by atoms with Crippen molar-refractivity contribution in [2.45, 2.75) is 63.8 Å². The first kappa shape index (κ1) is 16.2. The Morgan fingerprint density at radius 2 is 1.65 bits per heavy atom. The zero-order valence-electron chi connectivity index (χ0n) is 13.6. The number of fused-ring (bicyclic) bond motifs is 1. The topological polar surface area (TPSA) is 66.5 Å². The van der Waals surface area contributed by atoms with Crippen LogP contribution >= 0.6 is 0 Å². The van der Waals surface area contributed by atoms with Crippen LogP contribution in [-0.4, -0.2) is 35.2 Å². The molecule has 3 aliphatic rings. The van der Waals surface area contributed by atoms with Gasteiger partial charge in [0.05, 0.1) is 11.8 Å². The predicted molar refractivity (Wildman–Crippen MR) is 86.3 cm³/mol. The molecular weight excluding hydrogens is 292 g/mol. The molecule has 5 nitrogen and oxygen atoms in total. The molecule has 0 unspecified atom stereocenters. The van der Waals surface area contributed by atoms with Crippen molar-refractivity contribution in [3.63, 3.8) is 0 Å². The fourth-order valence-corrected chi connectivity index (χ4v) is 4.03. The lowest BCUT2D eigenvalue weighted by Crippen LogP contribution is -2.37. The number of hydrogen-bond acceptors (Lipinski definition) is 3. The van der Waals surface area contributed by atoms with Gasteiger partial charge in [-0.25, -0.2) is 0 Å². The number of amides is 3. The molecule has 1 heterocycles. The summed E-state index contributed by atoms with van der Waals surface area (Å²) < 4.78 is 0. The largest absolute Gasteiger partial charge is 0.353 e. The normalized spacial score (nSPS) is 28.1. The second-order valence-corrected chi connectivity index (χ2v) is 6.99. The number of carbonyl (C=O) groups is 3. The number of carbonyl (C=O) groups excluding carboxylic acids is 3. The molecule has 0 radical (unpaired) electrons. The summed E-state index contributed by atoms with van der Waals surface area (Å²) in [6, 6.07) is 0.320. The Bertz CT molecular complexity index is 482. The molecule has 126 valence electrons. The fourth-order valence-electron chi connectivity index (χ4n) is 4.03. The number of allylic oxidation sites excluding steroid dienone is 2. The third kappa shape index (κ3) is 3.65. The van der Waals surface area contributed by atoms with Crippen molar-refractivity contribution in [1.29, 1.82) is 0 Å². The van der Waals surface area contributed by atoms with Crippen LogP contribution in [0.25, 0.3) is 0 Å². The summed E-state index contributed by atoms with van der Waals surface area (Å²) in [7, 11) is 0. The molecule has 1 N–H and O–H groups in total. The van der Waals surface area contributed by atoms with Gasteiger partial charge in [0.2, 0.25) is 17.7 Å². The van der Waals surface area contributed by atoms with E-state index in [9.17, 15) is 14.4 Å². The maximum absolute atomic E-state index is 12.3. The van der Waals surface area contributed by atoms with E-state index in [0.29, 0.717) is 38.3 Å². The lowest BCUT2D eigenvalue weighted by Gasteiger charge is -2.23. The first-order valence-electron chi connectivity index (χ1n) is 8.96. The van der Waals surface area contributed by atoms with Crippen LogP contribution in [-0.2, 0) is 14.4 Å².